The fourth-order valence-electron chi connectivity index (χ4n) is 2.32. The Morgan fingerprint density at radius 1 is 1.22 bits per heavy atom. The van der Waals surface area contributed by atoms with Crippen LogP contribution in [0.25, 0.3) is 0 Å². The molecule has 2 heterocycles. The molecule has 0 bridgehead atoms. The minimum Gasteiger partial charge on any atom is -0.488 e. The summed E-state index contributed by atoms with van der Waals surface area (Å²) >= 11 is 1.96. The largest absolute Gasteiger partial charge is 0.488 e. The van der Waals surface area contributed by atoms with Crippen molar-refractivity contribution in [3.63, 3.8) is 0 Å². The van der Waals surface area contributed by atoms with Gasteiger partial charge in [-0.2, -0.15) is 11.8 Å². The molecule has 98 valence electrons. The quantitative estimate of drug-likeness (QED) is 0.892. The van der Waals surface area contributed by atoms with Gasteiger partial charge in [0.25, 0.3) is 0 Å². The third kappa shape index (κ3) is 2.99. The van der Waals surface area contributed by atoms with Crippen molar-refractivity contribution in [2.24, 2.45) is 0 Å². The Morgan fingerprint density at radius 3 is 2.72 bits per heavy atom. The smallest absolute Gasteiger partial charge is 0.124 e. The Hall–Kier alpha value is -0.710. The van der Waals surface area contributed by atoms with Crippen molar-refractivity contribution < 1.29 is 4.74 Å². The predicted octanol–water partition coefficient (Wildman–Crippen LogP) is 1.59. The standard InChI is InChI=1S/C14H20N2OS/c1-2-4-14(17-13-10-18-11-13)12(3-1)9-16-7-5-15-6-8-16/h1-4,13,15H,5-11H2. The lowest BCUT2D eigenvalue weighted by Crippen LogP contribution is -2.43. The van der Waals surface area contributed by atoms with Crippen LogP contribution in [-0.4, -0.2) is 48.7 Å². The number of rotatable bonds is 4. The summed E-state index contributed by atoms with van der Waals surface area (Å²) in [6.07, 6.45) is 0.430. The average Bonchev–Trinajstić information content (AvgIpc) is 2.37. The van der Waals surface area contributed by atoms with Crippen LogP contribution < -0.4 is 10.1 Å². The molecule has 2 saturated heterocycles. The Balaban J connectivity index is 1.65. The first-order valence-electron chi connectivity index (χ1n) is 6.67. The first-order valence-corrected chi connectivity index (χ1v) is 7.83. The molecular formula is C14H20N2OS. The van der Waals surface area contributed by atoms with Crippen molar-refractivity contribution in [1.29, 1.82) is 0 Å². The number of nitrogens with zero attached hydrogens (tertiary/aromatic N) is 1. The molecule has 0 saturated carbocycles. The normalized spacial score (nSPS) is 21.6. The van der Waals surface area contributed by atoms with Crippen molar-refractivity contribution in [3.05, 3.63) is 29.8 Å². The Bertz CT molecular complexity index is 389. The van der Waals surface area contributed by atoms with Gasteiger partial charge in [0.05, 0.1) is 0 Å². The van der Waals surface area contributed by atoms with Gasteiger partial charge in [-0.15, -0.1) is 0 Å². The Labute approximate surface area is 113 Å². The van der Waals surface area contributed by atoms with Crippen LogP contribution in [0.2, 0.25) is 0 Å². The van der Waals surface area contributed by atoms with Gasteiger partial charge < -0.3 is 10.1 Å². The van der Waals surface area contributed by atoms with E-state index in [4.69, 9.17) is 4.74 Å². The van der Waals surface area contributed by atoms with Crippen LogP contribution >= 0.6 is 11.8 Å². The van der Waals surface area contributed by atoms with Crippen molar-refractivity contribution in [1.82, 2.24) is 10.2 Å². The van der Waals surface area contributed by atoms with Crippen molar-refractivity contribution in [3.8, 4) is 5.75 Å². The summed E-state index contributed by atoms with van der Waals surface area (Å²) < 4.78 is 6.06. The summed E-state index contributed by atoms with van der Waals surface area (Å²) in [5.74, 6) is 3.37. The van der Waals surface area contributed by atoms with Crippen LogP contribution in [0.5, 0.6) is 5.75 Å². The lowest BCUT2D eigenvalue weighted by atomic mass is 10.1. The van der Waals surface area contributed by atoms with Gasteiger partial charge in [-0.3, -0.25) is 4.90 Å². The van der Waals surface area contributed by atoms with Crippen LogP contribution in [0.1, 0.15) is 5.56 Å². The molecule has 1 aromatic carbocycles. The SMILES string of the molecule is c1ccc(OC2CSC2)c(CN2CCNCC2)c1. The third-order valence-corrected chi connectivity index (χ3v) is 4.69. The minimum atomic E-state index is 0.430. The highest BCUT2D eigenvalue weighted by molar-refractivity contribution is 8.00. The lowest BCUT2D eigenvalue weighted by Gasteiger charge is -2.30. The molecule has 3 nitrogen and oxygen atoms in total. The monoisotopic (exact) mass is 264 g/mol. The molecule has 0 unspecified atom stereocenters. The second-order valence-electron chi connectivity index (χ2n) is 4.91. The van der Waals surface area contributed by atoms with Crippen LogP contribution in [0.4, 0.5) is 0 Å². The van der Waals surface area contributed by atoms with E-state index in [1.165, 1.54) is 5.56 Å². The van der Waals surface area contributed by atoms with Gasteiger partial charge in [0.15, 0.2) is 0 Å². The zero-order chi connectivity index (χ0) is 12.2. The minimum absolute atomic E-state index is 0.430. The van der Waals surface area contributed by atoms with Crippen LogP contribution in [0.3, 0.4) is 0 Å². The maximum Gasteiger partial charge on any atom is 0.124 e. The molecule has 0 amide bonds. The molecule has 3 rings (SSSR count). The predicted molar refractivity (Wildman–Crippen MR) is 76.3 cm³/mol. The number of hydrogen-bond donors (Lipinski definition) is 1. The molecule has 2 aliphatic heterocycles. The lowest BCUT2D eigenvalue weighted by molar-refractivity contribution is 0.213. The maximum absolute atomic E-state index is 6.06. The van der Waals surface area contributed by atoms with E-state index in [-0.39, 0.29) is 0 Å². The highest BCUT2D eigenvalue weighted by Gasteiger charge is 2.21. The summed E-state index contributed by atoms with van der Waals surface area (Å²) in [7, 11) is 0. The van der Waals surface area contributed by atoms with Crippen LogP contribution in [0, 0.1) is 0 Å². The number of para-hydroxylation sites is 1. The summed E-state index contributed by atoms with van der Waals surface area (Å²) in [6.45, 7) is 5.48. The topological polar surface area (TPSA) is 24.5 Å². The molecule has 18 heavy (non-hydrogen) atoms. The van der Waals surface area contributed by atoms with Gasteiger partial charge in [0.2, 0.25) is 0 Å². The van der Waals surface area contributed by atoms with Crippen LogP contribution in [0.15, 0.2) is 24.3 Å². The fourth-order valence-corrected chi connectivity index (χ4v) is 2.89. The van der Waals surface area contributed by atoms with Gasteiger partial charge in [-0.1, -0.05) is 18.2 Å². The molecule has 0 radical (unpaired) electrons. The highest BCUT2D eigenvalue weighted by Crippen LogP contribution is 2.27. The molecule has 2 aliphatic rings. The third-order valence-electron chi connectivity index (χ3n) is 3.48. The van der Waals surface area contributed by atoms with Gasteiger partial charge in [0.1, 0.15) is 11.9 Å². The van der Waals surface area contributed by atoms with E-state index in [0.29, 0.717) is 6.10 Å². The van der Waals surface area contributed by atoms with E-state index in [9.17, 15) is 0 Å². The molecular weight excluding hydrogens is 244 g/mol. The second kappa shape index (κ2) is 5.95. The Morgan fingerprint density at radius 2 is 2.00 bits per heavy atom. The molecule has 0 spiro atoms. The highest BCUT2D eigenvalue weighted by atomic mass is 32.2. The Kier molecular flexibility index (Phi) is 4.08. The van der Waals surface area contributed by atoms with E-state index in [1.54, 1.807) is 0 Å². The first kappa shape index (κ1) is 12.3. The van der Waals surface area contributed by atoms with Crippen molar-refractivity contribution in [2.75, 3.05) is 37.7 Å². The van der Waals surface area contributed by atoms with Gasteiger partial charge in [-0.05, 0) is 6.07 Å². The second-order valence-corrected chi connectivity index (χ2v) is 5.99. The summed E-state index contributed by atoms with van der Waals surface area (Å²) in [4.78, 5) is 2.49. The molecule has 1 N–H and O–H groups in total. The number of nitrogens with one attached hydrogen (secondary N) is 1. The van der Waals surface area contributed by atoms with E-state index in [0.717, 1.165) is 50.0 Å². The molecule has 2 fully saturated rings. The number of hydrogen-bond acceptors (Lipinski definition) is 4. The van der Waals surface area contributed by atoms with Crippen molar-refractivity contribution >= 4 is 11.8 Å². The van der Waals surface area contributed by atoms with E-state index in [2.05, 4.69) is 34.5 Å². The molecule has 0 aromatic heterocycles. The van der Waals surface area contributed by atoms with Crippen molar-refractivity contribution in [2.45, 2.75) is 12.6 Å². The fraction of sp³-hybridized carbons (Fsp3) is 0.571. The zero-order valence-electron chi connectivity index (χ0n) is 10.6. The van der Waals surface area contributed by atoms with Gasteiger partial charge >= 0.3 is 0 Å². The summed E-state index contributed by atoms with van der Waals surface area (Å²) in [6, 6.07) is 8.49. The van der Waals surface area contributed by atoms with Gasteiger partial charge in [-0.25, -0.2) is 0 Å². The molecule has 0 aliphatic carbocycles. The number of thioether (sulfide) groups is 1. The van der Waals surface area contributed by atoms with Crippen LogP contribution in [-0.2, 0) is 6.54 Å². The summed E-state index contributed by atoms with van der Waals surface area (Å²) in [5, 5.41) is 3.39. The summed E-state index contributed by atoms with van der Waals surface area (Å²) in [5.41, 5.74) is 1.33. The van der Waals surface area contributed by atoms with E-state index < -0.39 is 0 Å². The zero-order valence-corrected chi connectivity index (χ0v) is 11.4. The molecule has 1 aromatic rings. The van der Waals surface area contributed by atoms with Gasteiger partial charge in [0, 0.05) is 49.8 Å². The number of piperazine rings is 1. The maximum atomic E-state index is 6.06. The number of benzene rings is 1. The first-order chi connectivity index (χ1) is 8.92. The molecule has 0 atom stereocenters. The van der Waals surface area contributed by atoms with E-state index >= 15 is 0 Å². The van der Waals surface area contributed by atoms with E-state index in [1.807, 2.05) is 11.8 Å². The number of ether oxygens (including phenoxy) is 1. The molecule has 4 heteroatoms. The average molecular weight is 264 g/mol.